The van der Waals surface area contributed by atoms with Crippen LogP contribution in [-0.4, -0.2) is 32.5 Å². The van der Waals surface area contributed by atoms with E-state index in [9.17, 15) is 4.79 Å². The normalized spacial score (nSPS) is 19.2. The summed E-state index contributed by atoms with van der Waals surface area (Å²) in [6.45, 7) is 3.71. The number of nitrogens with two attached hydrogens (primary N) is 1. The lowest BCUT2D eigenvalue weighted by atomic mass is 10.00. The van der Waals surface area contributed by atoms with E-state index in [4.69, 9.17) is 5.73 Å². The van der Waals surface area contributed by atoms with Crippen LogP contribution in [0.25, 0.3) is 0 Å². The van der Waals surface area contributed by atoms with Crippen LogP contribution in [0.1, 0.15) is 52.9 Å². The molecule has 0 unspecified atom stereocenters. The van der Waals surface area contributed by atoms with Crippen molar-refractivity contribution in [3.05, 3.63) is 47.0 Å². The van der Waals surface area contributed by atoms with Gasteiger partial charge in [-0.2, -0.15) is 5.10 Å². The van der Waals surface area contributed by atoms with E-state index in [2.05, 4.69) is 20.1 Å². The number of primary amides is 1. The van der Waals surface area contributed by atoms with Gasteiger partial charge in [0.2, 0.25) is 5.91 Å². The zero-order valence-electron chi connectivity index (χ0n) is 12.7. The molecule has 6 heteroatoms. The van der Waals surface area contributed by atoms with Crippen LogP contribution in [0.3, 0.4) is 0 Å². The maximum Gasteiger partial charge on any atom is 0.248 e. The molecule has 1 atom stereocenters. The molecule has 0 aliphatic carbocycles. The van der Waals surface area contributed by atoms with E-state index in [1.54, 1.807) is 6.07 Å². The molecule has 1 aliphatic rings. The molecule has 0 bridgehead atoms. The number of piperidine rings is 1. The lowest BCUT2D eigenvalue weighted by molar-refractivity contribution is 0.0999. The topological polar surface area (TPSA) is 87.9 Å². The van der Waals surface area contributed by atoms with Crippen molar-refractivity contribution in [3.8, 4) is 0 Å². The van der Waals surface area contributed by atoms with Crippen LogP contribution >= 0.6 is 0 Å². The summed E-state index contributed by atoms with van der Waals surface area (Å²) in [5.41, 5.74) is 7.01. The first kappa shape index (κ1) is 14.7. The van der Waals surface area contributed by atoms with Gasteiger partial charge in [-0.25, -0.2) is 4.98 Å². The number of aromatic amines is 1. The van der Waals surface area contributed by atoms with Crippen LogP contribution in [0.15, 0.2) is 24.3 Å². The van der Waals surface area contributed by atoms with Crippen LogP contribution < -0.4 is 5.73 Å². The van der Waals surface area contributed by atoms with Crippen molar-refractivity contribution >= 4 is 5.91 Å². The van der Waals surface area contributed by atoms with Crippen LogP contribution in [0.4, 0.5) is 0 Å². The number of benzene rings is 1. The molecule has 2 aromatic rings. The number of aromatic nitrogens is 3. The molecule has 22 heavy (non-hydrogen) atoms. The molecule has 1 aliphatic heterocycles. The Labute approximate surface area is 129 Å². The summed E-state index contributed by atoms with van der Waals surface area (Å²) in [5.74, 6) is 1.32. The minimum absolute atomic E-state index is 0.232. The maximum atomic E-state index is 11.3. The van der Waals surface area contributed by atoms with Crippen molar-refractivity contribution in [3.63, 3.8) is 0 Å². The number of rotatable bonds is 4. The Morgan fingerprint density at radius 2 is 2.32 bits per heavy atom. The molecule has 2 heterocycles. The number of carbonyl (C=O) groups excluding carboxylic acids is 1. The number of H-pyrrole nitrogens is 1. The maximum absolute atomic E-state index is 11.3. The first-order chi connectivity index (χ1) is 10.6. The van der Waals surface area contributed by atoms with Gasteiger partial charge in [0.05, 0.1) is 6.04 Å². The number of hydrogen-bond donors (Lipinski definition) is 2. The van der Waals surface area contributed by atoms with Crippen molar-refractivity contribution in [1.82, 2.24) is 20.1 Å². The summed E-state index contributed by atoms with van der Waals surface area (Å²) in [7, 11) is 0. The fraction of sp³-hybridized carbons (Fsp3) is 0.438. The fourth-order valence-corrected chi connectivity index (χ4v) is 3.04. The summed E-state index contributed by atoms with van der Waals surface area (Å²) >= 11 is 0. The van der Waals surface area contributed by atoms with Gasteiger partial charge < -0.3 is 5.73 Å². The van der Waals surface area contributed by atoms with E-state index >= 15 is 0 Å². The summed E-state index contributed by atoms with van der Waals surface area (Å²) < 4.78 is 0. The van der Waals surface area contributed by atoms with Crippen LogP contribution in [0, 0.1) is 6.92 Å². The van der Waals surface area contributed by atoms with Crippen LogP contribution in [0.2, 0.25) is 0 Å². The first-order valence-electron chi connectivity index (χ1n) is 7.65. The van der Waals surface area contributed by atoms with Gasteiger partial charge in [0.15, 0.2) is 5.82 Å². The number of hydrogen-bond acceptors (Lipinski definition) is 4. The Morgan fingerprint density at radius 3 is 3.05 bits per heavy atom. The minimum atomic E-state index is -0.387. The third-order valence-electron chi connectivity index (χ3n) is 4.12. The molecule has 0 radical (unpaired) electrons. The van der Waals surface area contributed by atoms with Crippen molar-refractivity contribution in [2.75, 3.05) is 6.54 Å². The predicted octanol–water partition coefficient (Wildman–Crippen LogP) is 1.94. The summed E-state index contributed by atoms with van der Waals surface area (Å²) in [4.78, 5) is 18.2. The van der Waals surface area contributed by atoms with Gasteiger partial charge in [-0.1, -0.05) is 18.6 Å². The van der Waals surface area contributed by atoms with E-state index < -0.39 is 0 Å². The Hall–Kier alpha value is -2.21. The SMILES string of the molecule is Cc1nc([C@@H]2CCCCN2Cc2cccc(C(N)=O)c2)n[nH]1. The molecule has 1 fully saturated rings. The number of carbonyl (C=O) groups is 1. The molecule has 1 aromatic carbocycles. The number of nitrogens with one attached hydrogen (secondary N) is 1. The van der Waals surface area contributed by atoms with Crippen molar-refractivity contribution < 1.29 is 4.79 Å². The summed E-state index contributed by atoms with van der Waals surface area (Å²) in [6.07, 6.45) is 3.43. The second kappa shape index (κ2) is 6.27. The molecule has 1 aromatic heterocycles. The standard InChI is InChI=1S/C16H21N5O/c1-11-18-16(20-19-11)14-7-2-3-8-21(14)10-12-5-4-6-13(9-12)15(17)22/h4-6,9,14H,2-3,7-8,10H2,1H3,(H2,17,22)(H,18,19,20)/t14-/m0/s1. The lowest BCUT2D eigenvalue weighted by Crippen LogP contribution is -2.33. The van der Waals surface area contributed by atoms with Crippen molar-refractivity contribution in [2.24, 2.45) is 5.73 Å². The van der Waals surface area contributed by atoms with Gasteiger partial charge in [-0.3, -0.25) is 14.8 Å². The zero-order valence-corrected chi connectivity index (χ0v) is 12.7. The molecule has 1 saturated heterocycles. The Morgan fingerprint density at radius 1 is 1.45 bits per heavy atom. The van der Waals surface area contributed by atoms with Gasteiger partial charge in [0.1, 0.15) is 5.82 Å². The van der Waals surface area contributed by atoms with Gasteiger partial charge >= 0.3 is 0 Å². The molecule has 1 amide bonds. The molecule has 116 valence electrons. The quantitative estimate of drug-likeness (QED) is 0.903. The molecule has 0 saturated carbocycles. The minimum Gasteiger partial charge on any atom is -0.366 e. The Balaban J connectivity index is 1.79. The van der Waals surface area contributed by atoms with Crippen LogP contribution in [0.5, 0.6) is 0 Å². The van der Waals surface area contributed by atoms with Gasteiger partial charge in [-0.15, -0.1) is 0 Å². The monoisotopic (exact) mass is 299 g/mol. The van der Waals surface area contributed by atoms with E-state index in [1.165, 1.54) is 12.8 Å². The third-order valence-corrected chi connectivity index (χ3v) is 4.12. The van der Waals surface area contributed by atoms with Gasteiger partial charge in [0, 0.05) is 12.1 Å². The molecular weight excluding hydrogens is 278 g/mol. The zero-order chi connectivity index (χ0) is 15.5. The number of likely N-dealkylation sites (tertiary alicyclic amines) is 1. The highest BCUT2D eigenvalue weighted by atomic mass is 16.1. The van der Waals surface area contributed by atoms with Crippen LogP contribution in [-0.2, 0) is 6.54 Å². The number of amides is 1. The van der Waals surface area contributed by atoms with E-state index in [0.29, 0.717) is 5.56 Å². The molecule has 0 spiro atoms. The molecular formula is C16H21N5O. The fourth-order valence-electron chi connectivity index (χ4n) is 3.04. The van der Waals surface area contributed by atoms with Crippen molar-refractivity contribution in [1.29, 1.82) is 0 Å². The van der Waals surface area contributed by atoms with Gasteiger partial charge in [-0.05, 0) is 44.0 Å². The Bertz CT molecular complexity index is 666. The smallest absolute Gasteiger partial charge is 0.248 e. The average molecular weight is 299 g/mol. The molecule has 3 rings (SSSR count). The second-order valence-corrected chi connectivity index (χ2v) is 5.83. The number of aryl methyl sites for hydroxylation is 1. The predicted molar refractivity (Wildman–Crippen MR) is 83.1 cm³/mol. The highest BCUT2D eigenvalue weighted by Crippen LogP contribution is 2.30. The highest BCUT2D eigenvalue weighted by molar-refractivity contribution is 5.92. The second-order valence-electron chi connectivity index (χ2n) is 5.83. The van der Waals surface area contributed by atoms with Crippen molar-refractivity contribution in [2.45, 2.75) is 38.8 Å². The third kappa shape index (κ3) is 3.17. The number of nitrogens with zero attached hydrogens (tertiary/aromatic N) is 3. The average Bonchev–Trinajstić information content (AvgIpc) is 2.94. The van der Waals surface area contributed by atoms with Gasteiger partial charge in [0.25, 0.3) is 0 Å². The van der Waals surface area contributed by atoms with E-state index in [1.807, 2.05) is 25.1 Å². The van der Waals surface area contributed by atoms with E-state index in [-0.39, 0.29) is 11.9 Å². The molecule has 6 nitrogen and oxygen atoms in total. The largest absolute Gasteiger partial charge is 0.366 e. The van der Waals surface area contributed by atoms with E-state index in [0.717, 1.165) is 36.7 Å². The summed E-state index contributed by atoms with van der Waals surface area (Å²) in [5, 5.41) is 7.25. The Kier molecular flexibility index (Phi) is 4.20. The first-order valence-corrected chi connectivity index (χ1v) is 7.65. The highest BCUT2D eigenvalue weighted by Gasteiger charge is 2.27. The summed E-state index contributed by atoms with van der Waals surface area (Å²) in [6, 6.07) is 7.76. The lowest BCUT2D eigenvalue weighted by Gasteiger charge is -2.34. The molecule has 3 N–H and O–H groups in total.